The van der Waals surface area contributed by atoms with Crippen LogP contribution >= 0.6 is 24.0 Å². The van der Waals surface area contributed by atoms with E-state index in [0.717, 1.165) is 28.5 Å². The molecule has 2 aromatic carbocycles. The van der Waals surface area contributed by atoms with Gasteiger partial charge in [0.25, 0.3) is 0 Å². The zero-order chi connectivity index (χ0) is 18.9. The van der Waals surface area contributed by atoms with Gasteiger partial charge in [0, 0.05) is 38.1 Å². The summed E-state index contributed by atoms with van der Waals surface area (Å²) in [5.41, 5.74) is 3.36. The molecule has 0 fully saturated rings. The van der Waals surface area contributed by atoms with Crippen molar-refractivity contribution >= 4 is 29.9 Å². The number of benzene rings is 2. The fourth-order valence-corrected chi connectivity index (χ4v) is 2.84. The predicted molar refractivity (Wildman–Crippen MR) is 124 cm³/mol. The standard InChI is InChI=1S/C21H25N5O.HI/c1-3-27-20-11-7-5-9-18(20)15-25-21(22-2)24-14-17-8-4-6-10-19(17)26-13-12-23-16-26;/h4-13,16H,3,14-15H2,1-2H3,(H2,22,24,25);1H. The van der Waals surface area contributed by atoms with Crippen molar-refractivity contribution in [1.29, 1.82) is 0 Å². The minimum Gasteiger partial charge on any atom is -0.494 e. The third kappa shape index (κ3) is 5.72. The quantitative estimate of drug-likeness (QED) is 0.300. The van der Waals surface area contributed by atoms with E-state index >= 15 is 0 Å². The SMILES string of the molecule is CCOc1ccccc1CNC(=NC)NCc1ccccc1-n1ccnc1.I. The first-order valence-corrected chi connectivity index (χ1v) is 9.03. The van der Waals surface area contributed by atoms with E-state index in [1.54, 1.807) is 19.6 Å². The van der Waals surface area contributed by atoms with Crippen LogP contribution in [-0.4, -0.2) is 29.2 Å². The van der Waals surface area contributed by atoms with Gasteiger partial charge in [-0.25, -0.2) is 4.98 Å². The smallest absolute Gasteiger partial charge is 0.191 e. The van der Waals surface area contributed by atoms with E-state index in [0.29, 0.717) is 19.7 Å². The van der Waals surface area contributed by atoms with Gasteiger partial charge in [-0.05, 0) is 24.6 Å². The predicted octanol–water partition coefficient (Wildman–Crippen LogP) is 3.75. The first-order chi connectivity index (χ1) is 13.3. The Balaban J connectivity index is 0.00000280. The zero-order valence-corrected chi connectivity index (χ0v) is 18.5. The van der Waals surface area contributed by atoms with Gasteiger partial charge in [0.1, 0.15) is 5.75 Å². The Labute approximate surface area is 183 Å². The molecule has 148 valence electrons. The van der Waals surface area contributed by atoms with E-state index in [-0.39, 0.29) is 24.0 Å². The van der Waals surface area contributed by atoms with E-state index in [4.69, 9.17) is 4.74 Å². The van der Waals surface area contributed by atoms with Crippen molar-refractivity contribution in [1.82, 2.24) is 20.2 Å². The van der Waals surface area contributed by atoms with Crippen LogP contribution in [0.4, 0.5) is 0 Å². The average molecular weight is 491 g/mol. The Morgan fingerprint density at radius 2 is 1.71 bits per heavy atom. The van der Waals surface area contributed by atoms with Gasteiger partial charge in [-0.2, -0.15) is 0 Å². The normalized spacial score (nSPS) is 10.9. The van der Waals surface area contributed by atoms with Crippen LogP contribution in [0.3, 0.4) is 0 Å². The minimum atomic E-state index is 0. The third-order valence-electron chi connectivity index (χ3n) is 4.16. The number of nitrogens with one attached hydrogen (secondary N) is 2. The number of nitrogens with zero attached hydrogens (tertiary/aromatic N) is 3. The minimum absolute atomic E-state index is 0. The Bertz CT molecular complexity index is 880. The second-order valence-electron chi connectivity index (χ2n) is 5.92. The Morgan fingerprint density at radius 1 is 1.04 bits per heavy atom. The first kappa shape index (κ1) is 21.7. The molecule has 28 heavy (non-hydrogen) atoms. The van der Waals surface area contributed by atoms with Crippen LogP contribution in [0, 0.1) is 0 Å². The Hall–Kier alpha value is -2.55. The molecule has 2 N–H and O–H groups in total. The summed E-state index contributed by atoms with van der Waals surface area (Å²) in [6.45, 7) is 3.93. The molecule has 0 spiro atoms. The summed E-state index contributed by atoms with van der Waals surface area (Å²) in [4.78, 5) is 8.45. The van der Waals surface area contributed by atoms with Gasteiger partial charge < -0.3 is 19.9 Å². The molecule has 0 saturated heterocycles. The third-order valence-corrected chi connectivity index (χ3v) is 4.16. The van der Waals surface area contributed by atoms with Crippen LogP contribution in [0.25, 0.3) is 5.69 Å². The monoisotopic (exact) mass is 491 g/mol. The number of hydrogen-bond acceptors (Lipinski definition) is 3. The molecule has 3 aromatic rings. The molecular formula is C21H26IN5O. The molecule has 1 heterocycles. The van der Waals surface area contributed by atoms with Crippen LogP contribution in [0.1, 0.15) is 18.1 Å². The molecule has 1 aromatic heterocycles. The van der Waals surface area contributed by atoms with E-state index in [9.17, 15) is 0 Å². The fourth-order valence-electron chi connectivity index (χ4n) is 2.84. The second-order valence-corrected chi connectivity index (χ2v) is 5.92. The highest BCUT2D eigenvalue weighted by molar-refractivity contribution is 14.0. The summed E-state index contributed by atoms with van der Waals surface area (Å²) >= 11 is 0. The van der Waals surface area contributed by atoms with Gasteiger partial charge >= 0.3 is 0 Å². The number of halogens is 1. The lowest BCUT2D eigenvalue weighted by Crippen LogP contribution is -2.36. The number of para-hydroxylation sites is 2. The fraction of sp³-hybridized carbons (Fsp3) is 0.238. The van der Waals surface area contributed by atoms with Crippen LogP contribution in [0.15, 0.2) is 72.2 Å². The van der Waals surface area contributed by atoms with Gasteiger partial charge in [0.05, 0.1) is 18.6 Å². The molecule has 6 nitrogen and oxygen atoms in total. The van der Waals surface area contributed by atoms with Crippen molar-refractivity contribution in [2.24, 2.45) is 4.99 Å². The average Bonchev–Trinajstić information content (AvgIpc) is 3.24. The Kier molecular flexibility index (Phi) is 8.80. The molecule has 7 heteroatoms. The molecular weight excluding hydrogens is 465 g/mol. The largest absolute Gasteiger partial charge is 0.494 e. The Morgan fingerprint density at radius 3 is 2.39 bits per heavy atom. The van der Waals surface area contributed by atoms with Gasteiger partial charge in [0.2, 0.25) is 0 Å². The molecule has 0 aliphatic carbocycles. The summed E-state index contributed by atoms with van der Waals surface area (Å²) in [6.07, 6.45) is 5.52. The molecule has 0 radical (unpaired) electrons. The van der Waals surface area contributed by atoms with Gasteiger partial charge in [-0.1, -0.05) is 36.4 Å². The van der Waals surface area contributed by atoms with E-state index in [1.165, 1.54) is 0 Å². The van der Waals surface area contributed by atoms with Crippen molar-refractivity contribution in [3.8, 4) is 11.4 Å². The van der Waals surface area contributed by atoms with Crippen LogP contribution in [0.5, 0.6) is 5.75 Å². The van der Waals surface area contributed by atoms with Crippen molar-refractivity contribution in [3.05, 3.63) is 78.4 Å². The summed E-state index contributed by atoms with van der Waals surface area (Å²) in [6, 6.07) is 16.3. The van der Waals surface area contributed by atoms with E-state index in [2.05, 4.69) is 38.8 Å². The molecule has 0 saturated carbocycles. The molecule has 0 aliphatic heterocycles. The van der Waals surface area contributed by atoms with Crippen LogP contribution < -0.4 is 15.4 Å². The summed E-state index contributed by atoms with van der Waals surface area (Å²) < 4.78 is 7.69. The number of ether oxygens (including phenoxy) is 1. The number of hydrogen-bond donors (Lipinski definition) is 2. The van der Waals surface area contributed by atoms with Crippen LogP contribution in [0.2, 0.25) is 0 Å². The lowest BCUT2D eigenvalue weighted by molar-refractivity contribution is 0.336. The first-order valence-electron chi connectivity index (χ1n) is 9.03. The molecule has 0 amide bonds. The number of rotatable bonds is 7. The highest BCUT2D eigenvalue weighted by Gasteiger charge is 2.07. The molecule has 0 bridgehead atoms. The number of guanidine groups is 1. The second kappa shape index (κ2) is 11.3. The molecule has 3 rings (SSSR count). The van der Waals surface area contributed by atoms with Gasteiger partial charge in [-0.3, -0.25) is 4.99 Å². The van der Waals surface area contributed by atoms with Crippen molar-refractivity contribution in [2.45, 2.75) is 20.0 Å². The van der Waals surface area contributed by atoms with Gasteiger partial charge in [0.15, 0.2) is 5.96 Å². The van der Waals surface area contributed by atoms with E-state index in [1.807, 2.05) is 48.0 Å². The van der Waals surface area contributed by atoms with E-state index < -0.39 is 0 Å². The number of aromatic nitrogens is 2. The molecule has 0 unspecified atom stereocenters. The lowest BCUT2D eigenvalue weighted by Gasteiger charge is -2.16. The van der Waals surface area contributed by atoms with Crippen molar-refractivity contribution < 1.29 is 4.74 Å². The van der Waals surface area contributed by atoms with Crippen LogP contribution in [-0.2, 0) is 13.1 Å². The highest BCUT2D eigenvalue weighted by atomic mass is 127. The summed E-state index contributed by atoms with van der Waals surface area (Å²) in [5.74, 6) is 1.63. The maximum Gasteiger partial charge on any atom is 0.191 e. The lowest BCUT2D eigenvalue weighted by atomic mass is 10.1. The molecule has 0 atom stereocenters. The summed E-state index contributed by atoms with van der Waals surface area (Å²) in [5, 5.41) is 6.72. The zero-order valence-electron chi connectivity index (χ0n) is 16.1. The number of aliphatic imine (C=N–C) groups is 1. The number of imidazole rings is 1. The summed E-state index contributed by atoms with van der Waals surface area (Å²) in [7, 11) is 1.77. The highest BCUT2D eigenvalue weighted by Crippen LogP contribution is 2.17. The van der Waals surface area contributed by atoms with Crippen molar-refractivity contribution in [3.63, 3.8) is 0 Å². The van der Waals surface area contributed by atoms with Crippen molar-refractivity contribution in [2.75, 3.05) is 13.7 Å². The topological polar surface area (TPSA) is 63.5 Å². The maximum atomic E-state index is 5.68. The van der Waals surface area contributed by atoms with Gasteiger partial charge in [-0.15, -0.1) is 24.0 Å². The molecule has 0 aliphatic rings. The maximum absolute atomic E-state index is 5.68.